The van der Waals surface area contributed by atoms with E-state index in [1.54, 1.807) is 38.7 Å². The molecule has 28 heavy (non-hydrogen) atoms. The van der Waals surface area contributed by atoms with Gasteiger partial charge in [-0.2, -0.15) is 0 Å². The number of unbranched alkanes of at least 4 members (excludes halogenated alkanes) is 1. The fourth-order valence-electron chi connectivity index (χ4n) is 2.98. The summed E-state index contributed by atoms with van der Waals surface area (Å²) in [4.78, 5) is 16.7. The number of ether oxygens (including phenoxy) is 2. The lowest BCUT2D eigenvalue weighted by Gasteiger charge is -2.09. The Morgan fingerprint density at radius 2 is 1.82 bits per heavy atom. The zero-order chi connectivity index (χ0) is 19.8. The summed E-state index contributed by atoms with van der Waals surface area (Å²) in [6.45, 7) is 0.867. The molecule has 1 N–H and O–H groups in total. The van der Waals surface area contributed by atoms with Crippen molar-refractivity contribution >= 4 is 11.7 Å². The molecule has 0 atom stereocenters. The quantitative estimate of drug-likeness (QED) is 0.567. The molecule has 0 fully saturated rings. The van der Waals surface area contributed by atoms with Gasteiger partial charge in [0.05, 0.1) is 20.5 Å². The molecule has 6 heteroatoms. The summed E-state index contributed by atoms with van der Waals surface area (Å²) in [5.74, 6) is 1.39. The Morgan fingerprint density at radius 3 is 2.57 bits per heavy atom. The second-order valence-corrected chi connectivity index (χ2v) is 6.46. The second kappa shape index (κ2) is 9.60. The summed E-state index contributed by atoms with van der Waals surface area (Å²) in [6.07, 6.45) is 6.82. The van der Waals surface area contributed by atoms with E-state index in [0.29, 0.717) is 22.9 Å². The fourth-order valence-corrected chi connectivity index (χ4v) is 2.98. The highest BCUT2D eigenvalue weighted by Crippen LogP contribution is 2.27. The van der Waals surface area contributed by atoms with Crippen molar-refractivity contribution in [2.24, 2.45) is 0 Å². The Morgan fingerprint density at radius 1 is 1.04 bits per heavy atom. The lowest BCUT2D eigenvalue weighted by atomic mass is 10.1. The summed E-state index contributed by atoms with van der Waals surface area (Å²) < 4.78 is 12.4. The molecular formula is C22H25N3O3. The van der Waals surface area contributed by atoms with Crippen molar-refractivity contribution in [3.05, 3.63) is 72.2 Å². The number of anilines is 1. The minimum Gasteiger partial charge on any atom is -0.493 e. The van der Waals surface area contributed by atoms with E-state index >= 15 is 0 Å². The van der Waals surface area contributed by atoms with Crippen LogP contribution in [0.1, 0.15) is 28.8 Å². The molecule has 0 aliphatic rings. The van der Waals surface area contributed by atoms with Crippen molar-refractivity contribution in [1.29, 1.82) is 0 Å². The molecule has 0 spiro atoms. The van der Waals surface area contributed by atoms with Crippen LogP contribution in [0, 0.1) is 0 Å². The third kappa shape index (κ3) is 5.13. The average molecular weight is 379 g/mol. The summed E-state index contributed by atoms with van der Waals surface area (Å²) in [5.41, 5.74) is 1.84. The van der Waals surface area contributed by atoms with Crippen LogP contribution in [0.15, 0.2) is 61.1 Å². The number of benzene rings is 2. The topological polar surface area (TPSA) is 65.4 Å². The number of aromatic nitrogens is 2. The maximum atomic E-state index is 12.5. The van der Waals surface area contributed by atoms with Gasteiger partial charge in [0.2, 0.25) is 0 Å². The van der Waals surface area contributed by atoms with Crippen molar-refractivity contribution in [3.8, 4) is 11.5 Å². The Balaban J connectivity index is 1.50. The van der Waals surface area contributed by atoms with E-state index in [9.17, 15) is 4.79 Å². The fraction of sp³-hybridized carbons (Fsp3) is 0.273. The number of nitrogens with zero attached hydrogens (tertiary/aromatic N) is 2. The Labute approximate surface area is 165 Å². The van der Waals surface area contributed by atoms with Crippen LogP contribution in [0.5, 0.6) is 11.5 Å². The van der Waals surface area contributed by atoms with Gasteiger partial charge in [0.25, 0.3) is 5.91 Å². The highest BCUT2D eigenvalue weighted by atomic mass is 16.5. The molecule has 0 bridgehead atoms. The van der Waals surface area contributed by atoms with Crippen molar-refractivity contribution < 1.29 is 14.3 Å². The smallest absolute Gasteiger partial charge is 0.256 e. The molecule has 1 heterocycles. The molecule has 6 nitrogen and oxygen atoms in total. The number of nitrogens with one attached hydrogen (secondary N) is 1. The number of rotatable bonds is 9. The molecule has 0 aliphatic heterocycles. The minimum absolute atomic E-state index is 0.240. The highest BCUT2D eigenvalue weighted by molar-refractivity contribution is 6.04. The molecule has 1 amide bonds. The van der Waals surface area contributed by atoms with Gasteiger partial charge in [-0.1, -0.05) is 30.3 Å². The number of hydrogen-bond donors (Lipinski definition) is 1. The number of aryl methyl sites for hydroxylation is 2. The van der Waals surface area contributed by atoms with E-state index in [2.05, 4.69) is 34.6 Å². The van der Waals surface area contributed by atoms with Gasteiger partial charge in [0.15, 0.2) is 17.3 Å². The molecule has 0 unspecified atom stereocenters. The lowest BCUT2D eigenvalue weighted by Crippen LogP contribution is -2.12. The van der Waals surface area contributed by atoms with E-state index in [1.165, 1.54) is 5.56 Å². The van der Waals surface area contributed by atoms with Crippen LogP contribution in [0.25, 0.3) is 0 Å². The number of imidazole rings is 1. The van der Waals surface area contributed by atoms with Crippen LogP contribution in [0.4, 0.5) is 5.82 Å². The van der Waals surface area contributed by atoms with E-state index in [-0.39, 0.29) is 5.91 Å². The Bertz CT molecular complexity index is 906. The zero-order valence-corrected chi connectivity index (χ0v) is 16.2. The molecule has 146 valence electrons. The van der Waals surface area contributed by atoms with Gasteiger partial charge >= 0.3 is 0 Å². The SMILES string of the molecule is COc1ccc(C(=O)Nc2cn(CCCCc3ccccc3)cn2)cc1OC. The first-order valence-electron chi connectivity index (χ1n) is 9.28. The number of amides is 1. The van der Waals surface area contributed by atoms with E-state index < -0.39 is 0 Å². The average Bonchev–Trinajstić information content (AvgIpc) is 3.18. The first kappa shape index (κ1) is 19.5. The van der Waals surface area contributed by atoms with Crippen LogP contribution in [0.3, 0.4) is 0 Å². The van der Waals surface area contributed by atoms with Crippen molar-refractivity contribution in [1.82, 2.24) is 9.55 Å². The molecule has 0 saturated carbocycles. The summed E-state index contributed by atoms with van der Waals surface area (Å²) in [6, 6.07) is 15.5. The van der Waals surface area contributed by atoms with Gasteiger partial charge in [-0.15, -0.1) is 0 Å². The van der Waals surface area contributed by atoms with Gasteiger partial charge < -0.3 is 19.4 Å². The van der Waals surface area contributed by atoms with Gasteiger partial charge in [-0.25, -0.2) is 4.98 Å². The third-order valence-electron chi connectivity index (χ3n) is 4.50. The first-order valence-corrected chi connectivity index (χ1v) is 9.28. The predicted molar refractivity (Wildman–Crippen MR) is 109 cm³/mol. The molecule has 3 aromatic rings. The summed E-state index contributed by atoms with van der Waals surface area (Å²) >= 11 is 0. The van der Waals surface area contributed by atoms with Crippen molar-refractivity contribution in [3.63, 3.8) is 0 Å². The molecule has 0 radical (unpaired) electrons. The minimum atomic E-state index is -0.240. The normalized spacial score (nSPS) is 10.5. The van der Waals surface area contributed by atoms with Gasteiger partial charge in [0.1, 0.15) is 0 Å². The Hall–Kier alpha value is -3.28. The molecule has 3 rings (SSSR count). The van der Waals surface area contributed by atoms with Crippen LogP contribution >= 0.6 is 0 Å². The molecule has 1 aromatic heterocycles. The van der Waals surface area contributed by atoms with E-state index in [4.69, 9.17) is 9.47 Å². The predicted octanol–water partition coefficient (Wildman–Crippen LogP) is 4.18. The monoisotopic (exact) mass is 379 g/mol. The van der Waals surface area contributed by atoms with Crippen molar-refractivity contribution in [2.75, 3.05) is 19.5 Å². The maximum absolute atomic E-state index is 12.5. The lowest BCUT2D eigenvalue weighted by molar-refractivity contribution is 0.102. The largest absolute Gasteiger partial charge is 0.493 e. The molecule has 0 saturated heterocycles. The number of carbonyl (C=O) groups excluding carboxylic acids is 1. The second-order valence-electron chi connectivity index (χ2n) is 6.46. The standard InChI is InChI=1S/C22H25N3O3/c1-27-19-12-11-18(14-20(19)28-2)22(26)24-21-15-25(16-23-21)13-7-6-10-17-8-4-3-5-9-17/h3-5,8-9,11-12,14-16H,6-7,10,13H2,1-2H3,(H,24,26). The van der Waals surface area contributed by atoms with Crippen LogP contribution in [-0.2, 0) is 13.0 Å². The Kier molecular flexibility index (Phi) is 6.68. The highest BCUT2D eigenvalue weighted by Gasteiger charge is 2.12. The van der Waals surface area contributed by atoms with Gasteiger partial charge in [-0.3, -0.25) is 4.79 Å². The maximum Gasteiger partial charge on any atom is 0.256 e. The number of methoxy groups -OCH3 is 2. The van der Waals surface area contributed by atoms with Crippen molar-refractivity contribution in [2.45, 2.75) is 25.8 Å². The van der Waals surface area contributed by atoms with Crippen LogP contribution in [0.2, 0.25) is 0 Å². The van der Waals surface area contributed by atoms with Crippen LogP contribution in [-0.4, -0.2) is 29.7 Å². The molecule has 0 aliphatic carbocycles. The van der Waals surface area contributed by atoms with E-state index in [1.807, 2.05) is 16.8 Å². The summed E-state index contributed by atoms with van der Waals surface area (Å²) in [5, 5.41) is 2.82. The number of carbonyl (C=O) groups is 1. The zero-order valence-electron chi connectivity index (χ0n) is 16.2. The third-order valence-corrected chi connectivity index (χ3v) is 4.50. The van der Waals surface area contributed by atoms with E-state index in [0.717, 1.165) is 25.8 Å². The van der Waals surface area contributed by atoms with Gasteiger partial charge in [-0.05, 0) is 43.0 Å². The molecule has 2 aromatic carbocycles. The van der Waals surface area contributed by atoms with Crippen LogP contribution < -0.4 is 14.8 Å². The first-order chi connectivity index (χ1) is 13.7. The number of hydrogen-bond acceptors (Lipinski definition) is 4. The molecular weight excluding hydrogens is 354 g/mol. The summed E-state index contributed by atoms with van der Waals surface area (Å²) in [7, 11) is 3.10. The van der Waals surface area contributed by atoms with Gasteiger partial charge in [0, 0.05) is 18.3 Å².